The molecule has 0 N–H and O–H groups in total. The van der Waals surface area contributed by atoms with E-state index in [1.807, 2.05) is 11.6 Å². The molecular formula is C17H30N2O. The summed E-state index contributed by atoms with van der Waals surface area (Å²) in [5, 5.41) is 0. The minimum atomic E-state index is 0.185. The van der Waals surface area contributed by atoms with Crippen molar-refractivity contribution < 1.29 is 4.79 Å². The number of rotatable bonds is 12. The highest BCUT2D eigenvalue weighted by Gasteiger charge is 2.07. The third-order valence-corrected chi connectivity index (χ3v) is 3.75. The fraction of sp³-hybridized carbons (Fsp3) is 0.765. The van der Waals surface area contributed by atoms with Crippen LogP contribution in [-0.2, 0) is 7.05 Å². The number of aromatic nitrogens is 2. The molecule has 0 aliphatic carbocycles. The molecule has 0 atom stereocenters. The Bertz CT molecular complexity index is 371. The van der Waals surface area contributed by atoms with Gasteiger partial charge in [0.05, 0.1) is 6.33 Å². The molecule has 0 aromatic carbocycles. The first kappa shape index (κ1) is 16.9. The second kappa shape index (κ2) is 10.6. The van der Waals surface area contributed by atoms with Crippen LogP contribution in [0.5, 0.6) is 0 Å². The van der Waals surface area contributed by atoms with E-state index < -0.39 is 0 Å². The highest BCUT2D eigenvalue weighted by molar-refractivity contribution is 5.93. The molecule has 3 heteroatoms. The van der Waals surface area contributed by atoms with Crippen LogP contribution in [0.2, 0.25) is 0 Å². The summed E-state index contributed by atoms with van der Waals surface area (Å²) in [7, 11) is 1.89. The van der Waals surface area contributed by atoms with Gasteiger partial charge in [0.25, 0.3) is 0 Å². The second-order valence-electron chi connectivity index (χ2n) is 5.78. The molecule has 0 unspecified atom stereocenters. The number of unbranched alkanes of at least 4 members (excludes halogenated alkanes) is 9. The number of aryl methyl sites for hydroxylation is 1. The van der Waals surface area contributed by atoms with Crippen molar-refractivity contribution in [2.75, 3.05) is 0 Å². The van der Waals surface area contributed by atoms with E-state index in [0.717, 1.165) is 6.42 Å². The average molecular weight is 278 g/mol. The van der Waals surface area contributed by atoms with Crippen molar-refractivity contribution in [3.63, 3.8) is 0 Å². The molecule has 0 saturated heterocycles. The zero-order valence-corrected chi connectivity index (χ0v) is 13.2. The summed E-state index contributed by atoms with van der Waals surface area (Å²) in [4.78, 5) is 15.9. The Kier molecular flexibility index (Phi) is 9.01. The van der Waals surface area contributed by atoms with Crippen molar-refractivity contribution in [3.05, 3.63) is 18.2 Å². The molecule has 0 aliphatic rings. The minimum Gasteiger partial charge on any atom is -0.340 e. The van der Waals surface area contributed by atoms with Crippen molar-refractivity contribution in [2.24, 2.45) is 7.05 Å². The highest BCUT2D eigenvalue weighted by atomic mass is 16.1. The molecule has 1 rings (SSSR count). The molecule has 0 aliphatic heterocycles. The Hall–Kier alpha value is -1.12. The van der Waals surface area contributed by atoms with E-state index in [0.29, 0.717) is 12.1 Å². The number of hydrogen-bond donors (Lipinski definition) is 0. The van der Waals surface area contributed by atoms with Crippen LogP contribution < -0.4 is 0 Å². The maximum absolute atomic E-state index is 11.8. The van der Waals surface area contributed by atoms with Crippen LogP contribution >= 0.6 is 0 Å². The molecule has 3 nitrogen and oxygen atoms in total. The van der Waals surface area contributed by atoms with Gasteiger partial charge in [-0.3, -0.25) is 4.79 Å². The maximum atomic E-state index is 11.8. The molecule has 0 radical (unpaired) electrons. The van der Waals surface area contributed by atoms with E-state index in [-0.39, 0.29) is 5.78 Å². The number of hydrogen-bond acceptors (Lipinski definition) is 2. The molecule has 0 amide bonds. The van der Waals surface area contributed by atoms with Crippen LogP contribution in [0.3, 0.4) is 0 Å². The smallest absolute Gasteiger partial charge is 0.182 e. The fourth-order valence-electron chi connectivity index (χ4n) is 2.46. The summed E-state index contributed by atoms with van der Waals surface area (Å²) in [5.41, 5.74) is 0.614. The van der Waals surface area contributed by atoms with Crippen LogP contribution in [0.15, 0.2) is 12.5 Å². The molecule has 114 valence electrons. The van der Waals surface area contributed by atoms with Crippen molar-refractivity contribution in [3.8, 4) is 0 Å². The molecule has 20 heavy (non-hydrogen) atoms. The zero-order chi connectivity index (χ0) is 14.6. The lowest BCUT2D eigenvalue weighted by molar-refractivity contribution is 0.0974. The van der Waals surface area contributed by atoms with Gasteiger partial charge in [-0.15, -0.1) is 0 Å². The molecular weight excluding hydrogens is 248 g/mol. The van der Waals surface area contributed by atoms with Crippen LogP contribution in [0.1, 0.15) is 88.0 Å². The fourth-order valence-corrected chi connectivity index (χ4v) is 2.46. The van der Waals surface area contributed by atoms with Gasteiger partial charge in [-0.2, -0.15) is 0 Å². The second-order valence-corrected chi connectivity index (χ2v) is 5.78. The van der Waals surface area contributed by atoms with Gasteiger partial charge in [0.15, 0.2) is 5.78 Å². The van der Waals surface area contributed by atoms with E-state index in [1.54, 1.807) is 12.5 Å². The molecule has 0 fully saturated rings. The Morgan fingerprint density at radius 3 is 2.05 bits per heavy atom. The van der Waals surface area contributed by atoms with E-state index >= 15 is 0 Å². The summed E-state index contributed by atoms with van der Waals surface area (Å²) in [6.45, 7) is 2.26. The number of imidazole rings is 1. The number of carbonyl (C=O) groups is 1. The van der Waals surface area contributed by atoms with Crippen molar-refractivity contribution in [2.45, 2.75) is 77.6 Å². The van der Waals surface area contributed by atoms with Crippen LogP contribution in [0, 0.1) is 0 Å². The van der Waals surface area contributed by atoms with Gasteiger partial charge in [-0.25, -0.2) is 4.98 Å². The predicted octanol–water partition coefficient (Wildman–Crippen LogP) is 4.91. The normalized spacial score (nSPS) is 10.9. The van der Waals surface area contributed by atoms with Crippen LogP contribution in [0.4, 0.5) is 0 Å². The van der Waals surface area contributed by atoms with Gasteiger partial charge in [-0.1, -0.05) is 64.7 Å². The summed E-state index contributed by atoms with van der Waals surface area (Å²) >= 11 is 0. The first-order chi connectivity index (χ1) is 9.74. The summed E-state index contributed by atoms with van der Waals surface area (Å²) in [6, 6.07) is 0. The zero-order valence-electron chi connectivity index (χ0n) is 13.2. The Balaban J connectivity index is 1.91. The first-order valence-corrected chi connectivity index (χ1v) is 8.25. The average Bonchev–Trinajstić information content (AvgIpc) is 2.87. The third kappa shape index (κ3) is 7.46. The summed E-state index contributed by atoms with van der Waals surface area (Å²) in [5.74, 6) is 0.185. The van der Waals surface area contributed by atoms with Gasteiger partial charge in [0.2, 0.25) is 0 Å². The van der Waals surface area contributed by atoms with E-state index in [2.05, 4.69) is 11.9 Å². The van der Waals surface area contributed by atoms with E-state index in [4.69, 9.17) is 0 Å². The largest absolute Gasteiger partial charge is 0.340 e. The van der Waals surface area contributed by atoms with Crippen molar-refractivity contribution >= 4 is 5.78 Å². The topological polar surface area (TPSA) is 34.9 Å². The van der Waals surface area contributed by atoms with Crippen LogP contribution in [-0.4, -0.2) is 15.3 Å². The van der Waals surface area contributed by atoms with E-state index in [1.165, 1.54) is 57.8 Å². The van der Waals surface area contributed by atoms with Crippen molar-refractivity contribution in [1.29, 1.82) is 0 Å². The maximum Gasteiger partial charge on any atom is 0.182 e. The van der Waals surface area contributed by atoms with Crippen molar-refractivity contribution in [1.82, 2.24) is 9.55 Å². The summed E-state index contributed by atoms with van der Waals surface area (Å²) in [6.07, 6.45) is 17.1. The van der Waals surface area contributed by atoms with Gasteiger partial charge >= 0.3 is 0 Å². The van der Waals surface area contributed by atoms with Gasteiger partial charge in [-0.05, 0) is 6.42 Å². The number of ketones is 1. The lowest BCUT2D eigenvalue weighted by Crippen LogP contribution is -1.99. The van der Waals surface area contributed by atoms with E-state index in [9.17, 15) is 4.79 Å². The Labute approximate surface area is 123 Å². The Morgan fingerprint density at radius 2 is 1.55 bits per heavy atom. The van der Waals surface area contributed by atoms with Gasteiger partial charge in [0, 0.05) is 19.7 Å². The quantitative estimate of drug-likeness (QED) is 0.402. The minimum absolute atomic E-state index is 0.185. The number of carbonyl (C=O) groups excluding carboxylic acids is 1. The lowest BCUT2D eigenvalue weighted by atomic mass is 10.0. The third-order valence-electron chi connectivity index (χ3n) is 3.75. The lowest BCUT2D eigenvalue weighted by Gasteiger charge is -2.01. The highest BCUT2D eigenvalue weighted by Crippen LogP contribution is 2.12. The SMILES string of the molecule is CCCCCCCCCCCCC(=O)c1cn(C)cn1. The molecule has 1 heterocycles. The summed E-state index contributed by atoms with van der Waals surface area (Å²) < 4.78 is 1.83. The van der Waals surface area contributed by atoms with Gasteiger partial charge in [0.1, 0.15) is 5.69 Å². The molecule has 0 saturated carbocycles. The molecule has 0 bridgehead atoms. The molecule has 0 spiro atoms. The van der Waals surface area contributed by atoms with Gasteiger partial charge < -0.3 is 4.57 Å². The standard InChI is InChI=1S/C17H30N2O/c1-3-4-5-6-7-8-9-10-11-12-13-17(20)16-14-19(2)15-18-16/h14-15H,3-13H2,1-2H3. The number of nitrogens with zero attached hydrogens (tertiary/aromatic N) is 2. The van der Waals surface area contributed by atoms with Crippen LogP contribution in [0.25, 0.3) is 0 Å². The molecule has 1 aromatic heterocycles. The predicted molar refractivity (Wildman–Crippen MR) is 84.0 cm³/mol. The Morgan fingerprint density at radius 1 is 1.00 bits per heavy atom. The first-order valence-electron chi connectivity index (χ1n) is 8.25. The number of Topliss-reactive ketones (excluding diaryl/α,β-unsaturated/α-hetero) is 1. The molecule has 1 aromatic rings. The monoisotopic (exact) mass is 278 g/mol.